The topological polar surface area (TPSA) is 124 Å². The van der Waals surface area contributed by atoms with Crippen LogP contribution in [-0.4, -0.2) is 43.0 Å². The van der Waals surface area contributed by atoms with Crippen molar-refractivity contribution in [3.05, 3.63) is 88.0 Å². The number of carbonyl (C=O) groups excluding carboxylic acids is 4. The van der Waals surface area contributed by atoms with Crippen molar-refractivity contribution in [1.82, 2.24) is 10.2 Å². The fourth-order valence-corrected chi connectivity index (χ4v) is 3.44. The minimum absolute atomic E-state index is 0.0210. The van der Waals surface area contributed by atoms with E-state index in [0.717, 1.165) is 4.90 Å². The molecule has 1 aromatic heterocycles. The summed E-state index contributed by atoms with van der Waals surface area (Å²) in [6.45, 7) is -0.179. The van der Waals surface area contributed by atoms with Crippen LogP contribution in [-0.2, 0) is 16.1 Å². The molecule has 1 aliphatic heterocycles. The summed E-state index contributed by atoms with van der Waals surface area (Å²) in [5.74, 6) is -1.26. The number of halogens is 1. The number of benzene rings is 2. The van der Waals surface area contributed by atoms with E-state index < -0.39 is 23.9 Å². The molecule has 0 unspecified atom stereocenters. The van der Waals surface area contributed by atoms with Gasteiger partial charge in [0.05, 0.1) is 26.3 Å². The first kappa shape index (κ1) is 24.6. The summed E-state index contributed by atoms with van der Waals surface area (Å²) in [6.07, 6.45) is 1.45. The first-order valence-electron chi connectivity index (χ1n) is 10.5. The Kier molecular flexibility index (Phi) is 7.07. The molecule has 3 aromatic rings. The zero-order chi connectivity index (χ0) is 25.8. The van der Waals surface area contributed by atoms with Gasteiger partial charge in [-0.15, -0.1) is 0 Å². The molecule has 36 heavy (non-hydrogen) atoms. The highest BCUT2D eigenvalue weighted by Gasteiger charge is 2.34. The number of ether oxygens (including phenoxy) is 3. The van der Waals surface area contributed by atoms with Crippen molar-refractivity contribution < 1.29 is 37.8 Å². The van der Waals surface area contributed by atoms with Gasteiger partial charge in [0.2, 0.25) is 5.76 Å². The summed E-state index contributed by atoms with van der Waals surface area (Å²) >= 11 is 5.85. The van der Waals surface area contributed by atoms with Gasteiger partial charge in [-0.1, -0.05) is 17.7 Å². The summed E-state index contributed by atoms with van der Waals surface area (Å²) in [7, 11) is 2.62. The van der Waals surface area contributed by atoms with Gasteiger partial charge in [-0.3, -0.25) is 9.69 Å². The van der Waals surface area contributed by atoms with E-state index in [2.05, 4.69) is 10.1 Å². The Morgan fingerprint density at radius 1 is 1.00 bits per heavy atom. The molecule has 1 fully saturated rings. The van der Waals surface area contributed by atoms with Crippen molar-refractivity contribution >= 4 is 41.6 Å². The largest absolute Gasteiger partial charge is 0.493 e. The third kappa shape index (κ3) is 5.23. The molecule has 0 aliphatic carbocycles. The Hall–Kier alpha value is -4.57. The highest BCUT2D eigenvalue weighted by atomic mass is 35.5. The molecule has 0 atom stereocenters. The summed E-state index contributed by atoms with van der Waals surface area (Å²) in [6, 6.07) is 13.1. The number of hydrogen-bond acceptors (Lipinski definition) is 8. The number of carbonyl (C=O) groups is 4. The molecule has 1 saturated heterocycles. The number of rotatable bonds is 7. The zero-order valence-corrected chi connectivity index (χ0v) is 19.8. The highest BCUT2D eigenvalue weighted by molar-refractivity contribution is 6.30. The molecule has 1 aliphatic rings. The van der Waals surface area contributed by atoms with Gasteiger partial charge in [0.1, 0.15) is 11.5 Å². The van der Waals surface area contributed by atoms with Crippen molar-refractivity contribution in [2.75, 3.05) is 14.2 Å². The lowest BCUT2D eigenvalue weighted by molar-refractivity contribution is -0.123. The predicted octanol–water partition coefficient (Wildman–Crippen LogP) is 4.04. The molecule has 0 radical (unpaired) electrons. The van der Waals surface area contributed by atoms with E-state index in [9.17, 15) is 19.2 Å². The minimum atomic E-state index is -0.671. The molecule has 184 valence electrons. The minimum Gasteiger partial charge on any atom is -0.493 e. The second kappa shape index (κ2) is 10.4. The molecule has 4 rings (SSSR count). The summed E-state index contributed by atoms with van der Waals surface area (Å²) in [5, 5.41) is 2.99. The SMILES string of the molecule is COC(=O)c1ccc(CN2C(=O)N/C(=C\c3ccc(OC(=O)c4ccc(Cl)cc4)c(OC)c3)C2=O)o1. The maximum atomic E-state index is 12.8. The lowest BCUT2D eigenvalue weighted by Gasteiger charge is -2.10. The molecule has 11 heteroatoms. The van der Waals surface area contributed by atoms with Crippen LogP contribution in [0.15, 0.2) is 64.7 Å². The Balaban J connectivity index is 1.49. The Morgan fingerprint density at radius 2 is 1.75 bits per heavy atom. The van der Waals surface area contributed by atoms with Crippen LogP contribution in [0.2, 0.25) is 5.02 Å². The van der Waals surface area contributed by atoms with Gasteiger partial charge < -0.3 is 23.9 Å². The summed E-state index contributed by atoms with van der Waals surface area (Å²) in [5.41, 5.74) is 0.838. The number of urea groups is 1. The Bertz CT molecular complexity index is 1380. The van der Waals surface area contributed by atoms with Gasteiger partial charge in [-0.2, -0.15) is 0 Å². The molecule has 0 bridgehead atoms. The third-order valence-electron chi connectivity index (χ3n) is 5.11. The van der Waals surface area contributed by atoms with E-state index in [1.165, 1.54) is 50.6 Å². The van der Waals surface area contributed by atoms with Crippen molar-refractivity contribution in [2.24, 2.45) is 0 Å². The van der Waals surface area contributed by atoms with Gasteiger partial charge in [0.25, 0.3) is 5.91 Å². The summed E-state index contributed by atoms with van der Waals surface area (Å²) < 4.78 is 20.6. The number of imide groups is 1. The van der Waals surface area contributed by atoms with Gasteiger partial charge >= 0.3 is 18.0 Å². The zero-order valence-electron chi connectivity index (χ0n) is 19.1. The molecule has 0 saturated carbocycles. The molecule has 0 spiro atoms. The second-order valence-corrected chi connectivity index (χ2v) is 7.88. The number of hydrogen-bond donors (Lipinski definition) is 1. The van der Waals surface area contributed by atoms with Crippen LogP contribution in [0.5, 0.6) is 11.5 Å². The molecule has 2 heterocycles. The van der Waals surface area contributed by atoms with Gasteiger partial charge in [-0.05, 0) is 60.2 Å². The third-order valence-corrected chi connectivity index (χ3v) is 5.36. The standard InChI is InChI=1S/C25H19ClN2O8/c1-33-21-12-14(3-9-19(21)36-23(30)15-4-6-16(26)7-5-15)11-18-22(29)28(25(32)27-18)13-17-8-10-20(35-17)24(31)34-2/h3-12H,13H2,1-2H3,(H,27,32)/b18-11-. The van der Waals surface area contributed by atoms with Crippen molar-refractivity contribution in [3.8, 4) is 11.5 Å². The van der Waals surface area contributed by atoms with Crippen molar-refractivity contribution in [2.45, 2.75) is 6.54 Å². The fourth-order valence-electron chi connectivity index (χ4n) is 3.31. The number of nitrogens with zero attached hydrogens (tertiary/aromatic N) is 1. The fraction of sp³-hybridized carbons (Fsp3) is 0.120. The smallest absolute Gasteiger partial charge is 0.373 e. The van der Waals surface area contributed by atoms with Gasteiger partial charge in [0.15, 0.2) is 11.5 Å². The van der Waals surface area contributed by atoms with Crippen LogP contribution in [0.4, 0.5) is 4.79 Å². The predicted molar refractivity (Wildman–Crippen MR) is 127 cm³/mol. The number of methoxy groups -OCH3 is 2. The van der Waals surface area contributed by atoms with E-state index >= 15 is 0 Å². The van der Waals surface area contributed by atoms with Crippen LogP contribution in [0, 0.1) is 0 Å². The van der Waals surface area contributed by atoms with E-state index in [4.69, 9.17) is 25.5 Å². The van der Waals surface area contributed by atoms with E-state index in [1.807, 2.05) is 0 Å². The number of furan rings is 1. The first-order valence-corrected chi connectivity index (χ1v) is 10.8. The van der Waals surface area contributed by atoms with Crippen LogP contribution in [0.25, 0.3) is 6.08 Å². The Labute approximate surface area is 210 Å². The molecule has 3 amide bonds. The van der Waals surface area contributed by atoms with Gasteiger partial charge in [-0.25, -0.2) is 14.4 Å². The van der Waals surface area contributed by atoms with Crippen molar-refractivity contribution in [3.63, 3.8) is 0 Å². The molecule has 1 N–H and O–H groups in total. The molecular formula is C25H19ClN2O8. The number of nitrogens with one attached hydrogen (secondary N) is 1. The van der Waals surface area contributed by atoms with E-state index in [0.29, 0.717) is 16.1 Å². The maximum Gasteiger partial charge on any atom is 0.373 e. The Morgan fingerprint density at radius 3 is 2.44 bits per heavy atom. The van der Waals surface area contributed by atoms with E-state index in [-0.39, 0.29) is 35.3 Å². The normalized spacial score (nSPS) is 14.1. The van der Waals surface area contributed by atoms with Gasteiger partial charge in [0, 0.05) is 5.02 Å². The van der Waals surface area contributed by atoms with E-state index in [1.54, 1.807) is 24.3 Å². The number of amides is 3. The lowest BCUT2D eigenvalue weighted by atomic mass is 10.1. The monoisotopic (exact) mass is 510 g/mol. The van der Waals surface area contributed by atoms with Crippen LogP contribution < -0.4 is 14.8 Å². The number of esters is 2. The lowest BCUT2D eigenvalue weighted by Crippen LogP contribution is -2.30. The second-order valence-electron chi connectivity index (χ2n) is 7.44. The first-order chi connectivity index (χ1) is 17.3. The average Bonchev–Trinajstić information content (AvgIpc) is 3.45. The van der Waals surface area contributed by atoms with Crippen molar-refractivity contribution in [1.29, 1.82) is 0 Å². The molecular weight excluding hydrogens is 492 g/mol. The summed E-state index contributed by atoms with van der Waals surface area (Å²) in [4.78, 5) is 50.1. The quantitative estimate of drug-likeness (QED) is 0.218. The maximum absolute atomic E-state index is 12.8. The molecule has 10 nitrogen and oxygen atoms in total. The molecule has 2 aromatic carbocycles. The van der Waals surface area contributed by atoms with Crippen LogP contribution in [0.1, 0.15) is 32.2 Å². The average molecular weight is 511 g/mol. The van der Waals surface area contributed by atoms with Crippen LogP contribution >= 0.6 is 11.6 Å². The van der Waals surface area contributed by atoms with Crippen LogP contribution in [0.3, 0.4) is 0 Å². The highest BCUT2D eigenvalue weighted by Crippen LogP contribution is 2.30.